The van der Waals surface area contributed by atoms with Crippen molar-refractivity contribution >= 4 is 16.9 Å². The summed E-state index contributed by atoms with van der Waals surface area (Å²) < 4.78 is 2.12. The predicted molar refractivity (Wildman–Crippen MR) is 76.4 cm³/mol. The van der Waals surface area contributed by atoms with Crippen LogP contribution in [0.5, 0.6) is 0 Å². The Hall–Kier alpha value is -1.81. The van der Waals surface area contributed by atoms with E-state index in [2.05, 4.69) is 30.5 Å². The molecule has 0 saturated carbocycles. The monoisotopic (exact) mass is 260 g/mol. The Kier molecular flexibility index (Phi) is 3.90. The summed E-state index contributed by atoms with van der Waals surface area (Å²) >= 11 is 0. The normalized spacial score (nSPS) is 11.1. The third kappa shape index (κ3) is 2.79. The zero-order valence-electron chi connectivity index (χ0n) is 11.4. The summed E-state index contributed by atoms with van der Waals surface area (Å²) in [5.41, 5.74) is 9.95. The van der Waals surface area contributed by atoms with Gasteiger partial charge in [0, 0.05) is 23.6 Å². The quantitative estimate of drug-likeness (QED) is 0.866. The number of aliphatic carboxylic acids is 1. The average Bonchev–Trinajstić information content (AvgIpc) is 2.65. The Labute approximate surface area is 112 Å². The van der Waals surface area contributed by atoms with E-state index in [0.29, 0.717) is 6.54 Å². The van der Waals surface area contributed by atoms with E-state index in [4.69, 9.17) is 10.8 Å². The first-order valence-electron chi connectivity index (χ1n) is 6.53. The zero-order chi connectivity index (χ0) is 14.0. The molecule has 0 radical (unpaired) electrons. The highest BCUT2D eigenvalue weighted by Gasteiger charge is 2.12. The van der Waals surface area contributed by atoms with Crippen LogP contribution < -0.4 is 5.73 Å². The van der Waals surface area contributed by atoms with Crippen LogP contribution in [0.1, 0.15) is 23.1 Å². The van der Waals surface area contributed by atoms with Crippen molar-refractivity contribution in [1.82, 2.24) is 4.57 Å². The molecule has 2 rings (SSSR count). The van der Waals surface area contributed by atoms with Crippen LogP contribution in [-0.2, 0) is 17.8 Å². The molecule has 1 aromatic heterocycles. The van der Waals surface area contributed by atoms with Crippen LogP contribution in [0, 0.1) is 13.8 Å². The van der Waals surface area contributed by atoms with Gasteiger partial charge in [-0.1, -0.05) is 0 Å². The average molecular weight is 260 g/mol. The van der Waals surface area contributed by atoms with E-state index in [1.807, 2.05) is 6.20 Å². The molecule has 4 heteroatoms. The molecule has 0 atom stereocenters. The molecule has 0 fully saturated rings. The van der Waals surface area contributed by atoms with Gasteiger partial charge in [0.15, 0.2) is 0 Å². The fourth-order valence-corrected chi connectivity index (χ4v) is 2.37. The van der Waals surface area contributed by atoms with Crippen molar-refractivity contribution in [1.29, 1.82) is 0 Å². The van der Waals surface area contributed by atoms with Gasteiger partial charge in [-0.3, -0.25) is 4.79 Å². The van der Waals surface area contributed by atoms with Gasteiger partial charge in [-0.05, 0) is 55.6 Å². The number of aryl methyl sites for hydroxylation is 3. The summed E-state index contributed by atoms with van der Waals surface area (Å²) in [6.07, 6.45) is 2.91. The predicted octanol–water partition coefficient (Wildman–Crippen LogP) is 2.23. The third-order valence-electron chi connectivity index (χ3n) is 3.52. The van der Waals surface area contributed by atoms with Gasteiger partial charge in [0.2, 0.25) is 0 Å². The molecule has 0 aliphatic carbocycles. The largest absolute Gasteiger partial charge is 0.481 e. The van der Waals surface area contributed by atoms with E-state index >= 15 is 0 Å². The van der Waals surface area contributed by atoms with Crippen LogP contribution in [-0.4, -0.2) is 22.2 Å². The molecule has 4 nitrogen and oxygen atoms in total. The van der Waals surface area contributed by atoms with E-state index in [1.54, 1.807) is 0 Å². The Morgan fingerprint density at radius 1 is 1.32 bits per heavy atom. The lowest BCUT2D eigenvalue weighted by atomic mass is 10.0. The lowest BCUT2D eigenvalue weighted by molar-refractivity contribution is -0.136. The summed E-state index contributed by atoms with van der Waals surface area (Å²) in [5, 5.41) is 10.1. The third-order valence-corrected chi connectivity index (χ3v) is 3.52. The number of carboxylic acids is 1. The Morgan fingerprint density at radius 2 is 2.00 bits per heavy atom. The zero-order valence-corrected chi connectivity index (χ0v) is 11.4. The number of hydrogen-bond acceptors (Lipinski definition) is 2. The highest BCUT2D eigenvalue weighted by atomic mass is 16.4. The van der Waals surface area contributed by atoms with Crippen molar-refractivity contribution in [3.63, 3.8) is 0 Å². The summed E-state index contributed by atoms with van der Waals surface area (Å²) in [6.45, 7) is 5.59. The van der Waals surface area contributed by atoms with Crippen LogP contribution in [0.25, 0.3) is 10.9 Å². The number of nitrogens with two attached hydrogens (primary N) is 1. The van der Waals surface area contributed by atoms with Gasteiger partial charge >= 0.3 is 5.97 Å². The fraction of sp³-hybridized carbons (Fsp3) is 0.400. The van der Waals surface area contributed by atoms with Crippen molar-refractivity contribution in [2.24, 2.45) is 5.73 Å². The minimum atomic E-state index is -0.795. The molecule has 0 unspecified atom stereocenters. The highest BCUT2D eigenvalue weighted by Crippen LogP contribution is 2.25. The smallest absolute Gasteiger partial charge is 0.307 e. The number of carbonyl (C=O) groups is 1. The molecular weight excluding hydrogens is 240 g/mol. The molecule has 0 aliphatic rings. The van der Waals surface area contributed by atoms with Gasteiger partial charge in [0.05, 0.1) is 6.42 Å². The van der Waals surface area contributed by atoms with Crippen molar-refractivity contribution in [3.05, 3.63) is 35.0 Å². The Balaban J connectivity index is 2.55. The van der Waals surface area contributed by atoms with E-state index < -0.39 is 5.97 Å². The van der Waals surface area contributed by atoms with Crippen LogP contribution >= 0.6 is 0 Å². The highest BCUT2D eigenvalue weighted by molar-refractivity contribution is 5.88. The molecular formula is C15H20N2O2. The maximum Gasteiger partial charge on any atom is 0.307 e. The maximum absolute atomic E-state index is 11.0. The van der Waals surface area contributed by atoms with Crippen LogP contribution in [0.4, 0.5) is 0 Å². The number of aromatic nitrogens is 1. The van der Waals surface area contributed by atoms with Crippen LogP contribution in [0.3, 0.4) is 0 Å². The summed E-state index contributed by atoms with van der Waals surface area (Å²) in [4.78, 5) is 11.0. The molecule has 1 aromatic carbocycles. The first kappa shape index (κ1) is 13.6. The van der Waals surface area contributed by atoms with E-state index in [1.165, 1.54) is 11.1 Å². The lowest BCUT2D eigenvalue weighted by Crippen LogP contribution is -2.05. The summed E-state index contributed by atoms with van der Waals surface area (Å²) in [7, 11) is 0. The number of nitrogens with zero attached hydrogens (tertiary/aromatic N) is 1. The van der Waals surface area contributed by atoms with Crippen LogP contribution in [0.2, 0.25) is 0 Å². The lowest BCUT2D eigenvalue weighted by Gasteiger charge is -2.06. The van der Waals surface area contributed by atoms with Crippen molar-refractivity contribution in [3.8, 4) is 0 Å². The second kappa shape index (κ2) is 5.45. The van der Waals surface area contributed by atoms with Gasteiger partial charge in [-0.25, -0.2) is 0 Å². The number of carboxylic acid groups (broad SMARTS) is 1. The van der Waals surface area contributed by atoms with Crippen molar-refractivity contribution in [2.45, 2.75) is 33.2 Å². The number of benzene rings is 1. The van der Waals surface area contributed by atoms with Gasteiger partial charge in [0.1, 0.15) is 0 Å². The van der Waals surface area contributed by atoms with Crippen molar-refractivity contribution in [2.75, 3.05) is 6.54 Å². The van der Waals surface area contributed by atoms with Gasteiger partial charge in [-0.15, -0.1) is 0 Å². The molecule has 0 amide bonds. The molecule has 3 N–H and O–H groups in total. The van der Waals surface area contributed by atoms with Gasteiger partial charge in [0.25, 0.3) is 0 Å². The summed E-state index contributed by atoms with van der Waals surface area (Å²) in [6, 6.07) is 4.22. The van der Waals surface area contributed by atoms with E-state index in [-0.39, 0.29) is 6.42 Å². The molecule has 102 valence electrons. The van der Waals surface area contributed by atoms with E-state index in [9.17, 15) is 4.79 Å². The standard InChI is InChI=1S/C15H20N2O2/c1-10-6-13-12(8-15(18)19)9-17(5-3-4-16)14(13)7-11(10)2/h6-7,9H,3-5,8,16H2,1-2H3,(H,18,19). The van der Waals surface area contributed by atoms with Gasteiger partial charge in [-0.2, -0.15) is 0 Å². The fourth-order valence-electron chi connectivity index (χ4n) is 2.37. The van der Waals surface area contributed by atoms with E-state index in [0.717, 1.165) is 29.4 Å². The molecule has 0 saturated heterocycles. The van der Waals surface area contributed by atoms with Crippen LogP contribution in [0.15, 0.2) is 18.3 Å². The Bertz CT molecular complexity index is 614. The topological polar surface area (TPSA) is 68.2 Å². The maximum atomic E-state index is 11.0. The number of hydrogen-bond donors (Lipinski definition) is 2. The number of fused-ring (bicyclic) bond motifs is 1. The van der Waals surface area contributed by atoms with Crippen molar-refractivity contribution < 1.29 is 9.90 Å². The second-order valence-corrected chi connectivity index (χ2v) is 5.01. The first-order chi connectivity index (χ1) is 9.02. The molecule has 0 spiro atoms. The van der Waals surface area contributed by atoms with Gasteiger partial charge < -0.3 is 15.4 Å². The molecule has 0 aliphatic heterocycles. The Morgan fingerprint density at radius 3 is 2.63 bits per heavy atom. The molecule has 1 heterocycles. The minimum absolute atomic E-state index is 0.0641. The summed E-state index contributed by atoms with van der Waals surface area (Å²) in [5.74, 6) is -0.795. The number of rotatable bonds is 5. The molecule has 2 aromatic rings. The molecule has 0 bridgehead atoms. The minimum Gasteiger partial charge on any atom is -0.481 e. The second-order valence-electron chi connectivity index (χ2n) is 5.01. The SMILES string of the molecule is Cc1cc2c(CC(=O)O)cn(CCCN)c2cc1C. The first-order valence-corrected chi connectivity index (χ1v) is 6.53. The molecule has 19 heavy (non-hydrogen) atoms.